The molecule has 1 aromatic carbocycles. The fraction of sp³-hybridized carbons (Fsp3) is 0.417. The summed E-state index contributed by atoms with van der Waals surface area (Å²) in [6.07, 6.45) is 0.997. The number of benzene rings is 1. The fourth-order valence-electron chi connectivity index (χ4n) is 2.03. The summed E-state index contributed by atoms with van der Waals surface area (Å²) in [5.74, 6) is -0.555. The van der Waals surface area contributed by atoms with Crippen LogP contribution in [-0.2, 0) is 0 Å². The van der Waals surface area contributed by atoms with Crippen molar-refractivity contribution in [3.05, 3.63) is 29.8 Å². The zero-order valence-electron chi connectivity index (χ0n) is 8.97. The van der Waals surface area contributed by atoms with E-state index in [1.165, 1.54) is 0 Å². The first kappa shape index (κ1) is 11.0. The maximum absolute atomic E-state index is 10.7. The predicted molar refractivity (Wildman–Crippen MR) is 60.8 cm³/mol. The molecule has 0 spiro atoms. The summed E-state index contributed by atoms with van der Waals surface area (Å²) in [5, 5.41) is 17.8. The Bertz CT molecular complexity index is 374. The smallest absolute Gasteiger partial charge is 0.335 e. The highest BCUT2D eigenvalue weighted by atomic mass is 16.4. The number of aliphatic hydroxyl groups is 1. The van der Waals surface area contributed by atoms with Crippen LogP contribution < -0.4 is 4.90 Å². The first-order valence-corrected chi connectivity index (χ1v) is 5.40. The number of carboxylic acids is 1. The summed E-state index contributed by atoms with van der Waals surface area (Å²) in [5.41, 5.74) is 1.34. The molecule has 1 aliphatic rings. The minimum atomic E-state index is -0.902. The molecule has 86 valence electrons. The van der Waals surface area contributed by atoms with Gasteiger partial charge in [-0.05, 0) is 30.7 Å². The number of rotatable bonds is 3. The van der Waals surface area contributed by atoms with Crippen molar-refractivity contribution in [2.45, 2.75) is 6.42 Å². The van der Waals surface area contributed by atoms with Crippen molar-refractivity contribution in [1.82, 2.24) is 0 Å². The van der Waals surface area contributed by atoms with Gasteiger partial charge >= 0.3 is 5.97 Å². The van der Waals surface area contributed by atoms with Gasteiger partial charge in [0.25, 0.3) is 0 Å². The highest BCUT2D eigenvalue weighted by molar-refractivity contribution is 5.88. The number of carbonyl (C=O) groups is 1. The van der Waals surface area contributed by atoms with Crippen molar-refractivity contribution >= 4 is 11.7 Å². The molecule has 1 atom stereocenters. The highest BCUT2D eigenvalue weighted by Gasteiger charge is 2.21. The van der Waals surface area contributed by atoms with Gasteiger partial charge in [-0.2, -0.15) is 0 Å². The normalized spacial score (nSPS) is 20.1. The Hall–Kier alpha value is -1.55. The molecule has 2 N–H and O–H groups in total. The van der Waals surface area contributed by atoms with Gasteiger partial charge < -0.3 is 15.1 Å². The Morgan fingerprint density at radius 2 is 2.06 bits per heavy atom. The minimum absolute atomic E-state index is 0.226. The quantitative estimate of drug-likeness (QED) is 0.805. The van der Waals surface area contributed by atoms with Crippen molar-refractivity contribution in [3.8, 4) is 0 Å². The molecule has 0 amide bonds. The third-order valence-electron chi connectivity index (χ3n) is 3.02. The molecule has 4 heteroatoms. The van der Waals surface area contributed by atoms with E-state index in [1.807, 2.05) is 12.1 Å². The van der Waals surface area contributed by atoms with Gasteiger partial charge in [0.05, 0.1) is 5.56 Å². The van der Waals surface area contributed by atoms with E-state index in [0.717, 1.165) is 25.2 Å². The lowest BCUT2D eigenvalue weighted by atomic mass is 10.1. The molecule has 0 bridgehead atoms. The molecule has 16 heavy (non-hydrogen) atoms. The topological polar surface area (TPSA) is 60.8 Å². The van der Waals surface area contributed by atoms with E-state index in [2.05, 4.69) is 4.90 Å². The number of hydrogen-bond donors (Lipinski definition) is 2. The van der Waals surface area contributed by atoms with E-state index < -0.39 is 5.97 Å². The standard InChI is InChI=1S/C12H15NO3/c14-8-9-5-6-13(7-9)11-3-1-10(2-4-11)12(15)16/h1-4,9,14H,5-8H2,(H,15,16). The number of aromatic carboxylic acids is 1. The molecule has 2 rings (SSSR count). The summed E-state index contributed by atoms with van der Waals surface area (Å²) in [4.78, 5) is 12.9. The maximum atomic E-state index is 10.7. The Morgan fingerprint density at radius 1 is 1.38 bits per heavy atom. The van der Waals surface area contributed by atoms with Gasteiger partial charge in [-0.25, -0.2) is 4.79 Å². The molecule has 1 aliphatic heterocycles. The number of hydrogen-bond acceptors (Lipinski definition) is 3. The molecule has 1 saturated heterocycles. The van der Waals surface area contributed by atoms with Crippen LogP contribution in [-0.4, -0.2) is 35.9 Å². The predicted octanol–water partition coefficient (Wildman–Crippen LogP) is 1.20. The van der Waals surface area contributed by atoms with Crippen molar-refractivity contribution in [2.75, 3.05) is 24.6 Å². The van der Waals surface area contributed by atoms with Crippen LogP contribution in [0.3, 0.4) is 0 Å². The first-order chi connectivity index (χ1) is 7.70. The molecule has 0 radical (unpaired) electrons. The van der Waals surface area contributed by atoms with Crippen LogP contribution in [0.5, 0.6) is 0 Å². The second kappa shape index (κ2) is 4.53. The molecule has 0 saturated carbocycles. The molecule has 4 nitrogen and oxygen atoms in total. The third kappa shape index (κ3) is 2.17. The lowest BCUT2D eigenvalue weighted by Crippen LogP contribution is -2.20. The molecule has 0 aliphatic carbocycles. The zero-order valence-corrected chi connectivity index (χ0v) is 8.97. The second-order valence-electron chi connectivity index (χ2n) is 4.14. The summed E-state index contributed by atoms with van der Waals surface area (Å²) in [6, 6.07) is 6.88. The van der Waals surface area contributed by atoms with E-state index in [-0.39, 0.29) is 6.61 Å². The van der Waals surface area contributed by atoms with Gasteiger partial charge in [0.2, 0.25) is 0 Å². The monoisotopic (exact) mass is 221 g/mol. The van der Waals surface area contributed by atoms with Crippen LogP contribution in [0, 0.1) is 5.92 Å². The largest absolute Gasteiger partial charge is 0.478 e. The summed E-state index contributed by atoms with van der Waals surface area (Å²) < 4.78 is 0. The third-order valence-corrected chi connectivity index (χ3v) is 3.02. The minimum Gasteiger partial charge on any atom is -0.478 e. The second-order valence-corrected chi connectivity index (χ2v) is 4.14. The summed E-state index contributed by atoms with van der Waals surface area (Å²) >= 11 is 0. The lowest BCUT2D eigenvalue weighted by molar-refractivity contribution is 0.0697. The summed E-state index contributed by atoms with van der Waals surface area (Å²) in [7, 11) is 0. The van der Waals surface area contributed by atoms with Gasteiger partial charge in [0, 0.05) is 31.3 Å². The van der Waals surface area contributed by atoms with Crippen LogP contribution in [0.25, 0.3) is 0 Å². The van der Waals surface area contributed by atoms with E-state index >= 15 is 0 Å². The van der Waals surface area contributed by atoms with Crippen LogP contribution in [0.4, 0.5) is 5.69 Å². The van der Waals surface area contributed by atoms with Crippen LogP contribution in [0.15, 0.2) is 24.3 Å². The molecular weight excluding hydrogens is 206 g/mol. The Kier molecular flexibility index (Phi) is 3.10. The number of anilines is 1. The molecule has 1 unspecified atom stereocenters. The van der Waals surface area contributed by atoms with Gasteiger partial charge in [0.1, 0.15) is 0 Å². The average molecular weight is 221 g/mol. The highest BCUT2D eigenvalue weighted by Crippen LogP contribution is 2.23. The van der Waals surface area contributed by atoms with E-state index in [1.54, 1.807) is 12.1 Å². The molecule has 0 aromatic heterocycles. The van der Waals surface area contributed by atoms with Gasteiger partial charge in [-0.15, -0.1) is 0 Å². The SMILES string of the molecule is O=C(O)c1ccc(N2CCC(CO)C2)cc1. The number of nitrogens with zero attached hydrogens (tertiary/aromatic N) is 1. The Balaban J connectivity index is 2.08. The van der Waals surface area contributed by atoms with Crippen molar-refractivity contribution in [3.63, 3.8) is 0 Å². The molecule has 1 heterocycles. The summed E-state index contributed by atoms with van der Waals surface area (Å²) in [6.45, 7) is 2.00. The molecular formula is C12H15NO3. The van der Waals surface area contributed by atoms with Crippen LogP contribution in [0.2, 0.25) is 0 Å². The van der Waals surface area contributed by atoms with Crippen molar-refractivity contribution < 1.29 is 15.0 Å². The van der Waals surface area contributed by atoms with Crippen molar-refractivity contribution in [1.29, 1.82) is 0 Å². The molecule has 1 aromatic rings. The van der Waals surface area contributed by atoms with Gasteiger partial charge in [-0.1, -0.05) is 0 Å². The first-order valence-electron chi connectivity index (χ1n) is 5.40. The fourth-order valence-corrected chi connectivity index (χ4v) is 2.03. The van der Waals surface area contributed by atoms with E-state index in [4.69, 9.17) is 10.2 Å². The lowest BCUT2D eigenvalue weighted by Gasteiger charge is -2.18. The van der Waals surface area contributed by atoms with Gasteiger partial charge in [-0.3, -0.25) is 0 Å². The van der Waals surface area contributed by atoms with Crippen molar-refractivity contribution in [2.24, 2.45) is 5.92 Å². The molecule has 1 fully saturated rings. The van der Waals surface area contributed by atoms with E-state index in [9.17, 15) is 4.79 Å². The van der Waals surface area contributed by atoms with Crippen LogP contribution >= 0.6 is 0 Å². The number of carboxylic acid groups (broad SMARTS) is 1. The van der Waals surface area contributed by atoms with Gasteiger partial charge in [0.15, 0.2) is 0 Å². The van der Waals surface area contributed by atoms with E-state index in [0.29, 0.717) is 11.5 Å². The Labute approximate surface area is 94.1 Å². The maximum Gasteiger partial charge on any atom is 0.335 e. The van der Waals surface area contributed by atoms with Crippen LogP contribution in [0.1, 0.15) is 16.8 Å². The Morgan fingerprint density at radius 3 is 2.56 bits per heavy atom. The number of aliphatic hydroxyl groups excluding tert-OH is 1. The average Bonchev–Trinajstić information content (AvgIpc) is 2.77. The zero-order chi connectivity index (χ0) is 11.5.